The van der Waals surface area contributed by atoms with Crippen molar-refractivity contribution >= 4 is 11.6 Å². The van der Waals surface area contributed by atoms with Crippen molar-refractivity contribution in [3.05, 3.63) is 65.4 Å². The maximum Gasteiger partial charge on any atom is 0.274 e. The molecule has 3 unspecified atom stereocenters. The summed E-state index contributed by atoms with van der Waals surface area (Å²) in [4.78, 5) is 16.7. The average Bonchev–Trinajstić information content (AvgIpc) is 3.05. The summed E-state index contributed by atoms with van der Waals surface area (Å²) in [6.45, 7) is -0.193. The molecule has 0 aliphatic carbocycles. The number of alkyl halides is 1. The average molecular weight is 463 g/mol. The van der Waals surface area contributed by atoms with Crippen LogP contribution in [0.25, 0.3) is 11.3 Å². The molecule has 1 fully saturated rings. The molecule has 1 saturated heterocycles. The summed E-state index contributed by atoms with van der Waals surface area (Å²) < 4.78 is 63.6. The molecule has 11 heteroatoms. The fourth-order valence-corrected chi connectivity index (χ4v) is 3.73. The molecule has 3 N–H and O–H groups in total. The fraction of sp³-hybridized carbons (Fsp3) is 0.318. The molecule has 0 bridgehead atoms. The number of hydrogen-bond acceptors (Lipinski definition) is 5. The van der Waals surface area contributed by atoms with E-state index in [2.05, 4.69) is 15.4 Å². The van der Waals surface area contributed by atoms with E-state index in [0.717, 1.165) is 30.3 Å². The number of rotatable bonds is 4. The van der Waals surface area contributed by atoms with Crippen molar-refractivity contribution in [2.45, 2.75) is 31.2 Å². The molecule has 174 valence electrons. The molecule has 0 radical (unpaired) electrons. The second kappa shape index (κ2) is 9.28. The molecule has 3 atom stereocenters. The zero-order chi connectivity index (χ0) is 23.7. The van der Waals surface area contributed by atoms with Crippen LogP contribution in [0.5, 0.6) is 0 Å². The van der Waals surface area contributed by atoms with Crippen molar-refractivity contribution < 1.29 is 27.1 Å². The highest BCUT2D eigenvalue weighted by atomic mass is 19.1. The first-order chi connectivity index (χ1) is 15.8. The summed E-state index contributed by atoms with van der Waals surface area (Å²) in [6, 6.07) is 4.42. The Kier molecular flexibility index (Phi) is 6.43. The van der Waals surface area contributed by atoms with Gasteiger partial charge in [0.1, 0.15) is 41.1 Å². The van der Waals surface area contributed by atoms with Crippen LogP contribution in [0, 0.1) is 17.5 Å². The molecule has 3 aromatic rings. The van der Waals surface area contributed by atoms with Crippen molar-refractivity contribution in [2.24, 2.45) is 12.8 Å². The van der Waals surface area contributed by atoms with Crippen molar-refractivity contribution in [1.82, 2.24) is 14.8 Å². The highest BCUT2D eigenvalue weighted by Crippen LogP contribution is 2.33. The summed E-state index contributed by atoms with van der Waals surface area (Å²) in [6.07, 6.45) is 0.303. The third-order valence-corrected chi connectivity index (χ3v) is 5.50. The molecule has 1 amide bonds. The zero-order valence-electron chi connectivity index (χ0n) is 17.6. The fourth-order valence-electron chi connectivity index (χ4n) is 3.73. The van der Waals surface area contributed by atoms with E-state index in [1.165, 1.54) is 10.9 Å². The topological polar surface area (TPSA) is 95.1 Å². The molecule has 3 heterocycles. The first kappa shape index (κ1) is 22.9. The minimum Gasteiger partial charge on any atom is -0.369 e. The van der Waals surface area contributed by atoms with Gasteiger partial charge in [-0.25, -0.2) is 22.5 Å². The van der Waals surface area contributed by atoms with Crippen LogP contribution in [0.4, 0.5) is 23.2 Å². The van der Waals surface area contributed by atoms with Crippen LogP contribution in [0.1, 0.15) is 35.1 Å². The zero-order valence-corrected chi connectivity index (χ0v) is 17.6. The first-order valence-corrected chi connectivity index (χ1v) is 10.2. The van der Waals surface area contributed by atoms with Gasteiger partial charge in [0.05, 0.1) is 29.7 Å². The molecule has 1 aliphatic rings. The number of anilines is 1. The van der Waals surface area contributed by atoms with Gasteiger partial charge in [0.25, 0.3) is 5.91 Å². The van der Waals surface area contributed by atoms with Crippen LogP contribution in [-0.4, -0.2) is 39.5 Å². The Morgan fingerprint density at radius 2 is 1.88 bits per heavy atom. The Morgan fingerprint density at radius 3 is 2.61 bits per heavy atom. The highest BCUT2D eigenvalue weighted by molar-refractivity contribution is 6.03. The molecular formula is C22H21F4N5O2. The van der Waals surface area contributed by atoms with E-state index in [4.69, 9.17) is 10.5 Å². The number of carbonyl (C=O) groups is 1. The number of carbonyl (C=O) groups excluding carboxylic acids is 1. The van der Waals surface area contributed by atoms with Gasteiger partial charge >= 0.3 is 0 Å². The lowest BCUT2D eigenvalue weighted by molar-refractivity contribution is 0.0247. The number of ether oxygens (including phenoxy) is 1. The van der Waals surface area contributed by atoms with Crippen LogP contribution < -0.4 is 11.1 Å². The van der Waals surface area contributed by atoms with E-state index < -0.39 is 52.9 Å². The van der Waals surface area contributed by atoms with Gasteiger partial charge in [0.15, 0.2) is 0 Å². The maximum atomic E-state index is 14.3. The molecule has 1 aromatic carbocycles. The van der Waals surface area contributed by atoms with Gasteiger partial charge in [0.2, 0.25) is 0 Å². The number of pyridine rings is 1. The van der Waals surface area contributed by atoms with Crippen LogP contribution in [0.15, 0.2) is 36.5 Å². The standard InChI is InChI=1S/C22H21F4N5O2/c1-31-21(18-8-6-15(27)14(26)10-33-18)17(9-28-31)30-22(32)16-7-5-13(25)20(29-16)19-11(23)3-2-4-12(19)24/h2-5,7,9,14-15,18H,6,8,10,27H2,1H3,(H,30,32). The number of amides is 1. The van der Waals surface area contributed by atoms with E-state index in [-0.39, 0.29) is 18.0 Å². The van der Waals surface area contributed by atoms with Crippen molar-refractivity contribution in [3.63, 3.8) is 0 Å². The highest BCUT2D eigenvalue weighted by Gasteiger charge is 2.30. The van der Waals surface area contributed by atoms with Crippen molar-refractivity contribution in [2.75, 3.05) is 11.9 Å². The largest absolute Gasteiger partial charge is 0.369 e. The van der Waals surface area contributed by atoms with Gasteiger partial charge in [-0.05, 0) is 37.1 Å². The van der Waals surface area contributed by atoms with Gasteiger partial charge in [-0.2, -0.15) is 5.10 Å². The Hall–Kier alpha value is -3.31. The number of nitrogens with zero attached hydrogens (tertiary/aromatic N) is 3. The number of benzene rings is 1. The third-order valence-electron chi connectivity index (χ3n) is 5.50. The normalized spacial score (nSPS) is 21.0. The molecular weight excluding hydrogens is 442 g/mol. The van der Waals surface area contributed by atoms with Gasteiger partial charge < -0.3 is 15.8 Å². The van der Waals surface area contributed by atoms with Crippen molar-refractivity contribution in [1.29, 1.82) is 0 Å². The van der Waals surface area contributed by atoms with E-state index in [1.54, 1.807) is 7.05 Å². The Bertz CT molecular complexity index is 1150. The van der Waals surface area contributed by atoms with Crippen LogP contribution in [0.3, 0.4) is 0 Å². The monoisotopic (exact) mass is 463 g/mol. The summed E-state index contributed by atoms with van der Waals surface area (Å²) in [5.74, 6) is -3.76. The lowest BCUT2D eigenvalue weighted by atomic mass is 10.0. The quantitative estimate of drug-likeness (QED) is 0.576. The molecule has 0 saturated carbocycles. The van der Waals surface area contributed by atoms with E-state index in [1.807, 2.05) is 0 Å². The predicted molar refractivity (Wildman–Crippen MR) is 112 cm³/mol. The van der Waals surface area contributed by atoms with Crippen LogP contribution in [-0.2, 0) is 11.8 Å². The molecule has 2 aromatic heterocycles. The SMILES string of the molecule is Cn1ncc(NC(=O)c2ccc(F)c(-c3c(F)cccc3F)n2)c1C1CCC(N)C(F)CO1. The minimum atomic E-state index is -1.30. The number of nitrogens with two attached hydrogens (primary N) is 1. The summed E-state index contributed by atoms with van der Waals surface area (Å²) in [7, 11) is 1.64. The summed E-state index contributed by atoms with van der Waals surface area (Å²) in [5.41, 5.74) is 4.99. The number of hydrogen-bond donors (Lipinski definition) is 2. The second-order valence-corrected chi connectivity index (χ2v) is 7.72. The lowest BCUT2D eigenvalue weighted by Gasteiger charge is -2.17. The lowest BCUT2D eigenvalue weighted by Crippen LogP contribution is -2.32. The minimum absolute atomic E-state index is 0.193. The van der Waals surface area contributed by atoms with Gasteiger partial charge in [-0.15, -0.1) is 0 Å². The Balaban J connectivity index is 1.62. The summed E-state index contributed by atoms with van der Waals surface area (Å²) >= 11 is 0. The predicted octanol–water partition coefficient (Wildman–Crippen LogP) is 3.67. The number of aryl methyl sites for hydroxylation is 1. The molecule has 4 rings (SSSR count). The van der Waals surface area contributed by atoms with E-state index >= 15 is 0 Å². The van der Waals surface area contributed by atoms with Gasteiger partial charge in [0, 0.05) is 13.1 Å². The summed E-state index contributed by atoms with van der Waals surface area (Å²) in [5, 5.41) is 6.74. The smallest absolute Gasteiger partial charge is 0.274 e. The van der Waals surface area contributed by atoms with Gasteiger partial charge in [-0.1, -0.05) is 6.07 Å². The van der Waals surface area contributed by atoms with Crippen LogP contribution >= 0.6 is 0 Å². The van der Waals surface area contributed by atoms with Gasteiger partial charge in [-0.3, -0.25) is 9.48 Å². The number of aromatic nitrogens is 3. The Labute approximate surface area is 186 Å². The van der Waals surface area contributed by atoms with Crippen LogP contribution in [0.2, 0.25) is 0 Å². The molecule has 33 heavy (non-hydrogen) atoms. The van der Waals surface area contributed by atoms with E-state index in [9.17, 15) is 22.4 Å². The van der Waals surface area contributed by atoms with Crippen molar-refractivity contribution in [3.8, 4) is 11.3 Å². The number of nitrogens with one attached hydrogen (secondary N) is 1. The molecule has 7 nitrogen and oxygen atoms in total. The Morgan fingerprint density at radius 1 is 1.15 bits per heavy atom. The molecule has 1 aliphatic heterocycles. The second-order valence-electron chi connectivity index (χ2n) is 7.72. The van der Waals surface area contributed by atoms with E-state index in [0.29, 0.717) is 18.5 Å². The molecule has 0 spiro atoms. The number of halogens is 4. The first-order valence-electron chi connectivity index (χ1n) is 10.2. The third kappa shape index (κ3) is 4.60. The maximum absolute atomic E-state index is 14.3.